The van der Waals surface area contributed by atoms with Crippen LogP contribution in [0.2, 0.25) is 0 Å². The van der Waals surface area contributed by atoms with E-state index in [2.05, 4.69) is 15.3 Å². The molecule has 0 atom stereocenters. The van der Waals surface area contributed by atoms with Crippen LogP contribution in [0.25, 0.3) is 16.9 Å². The number of pyridine rings is 1. The van der Waals surface area contributed by atoms with Crippen LogP contribution in [0, 0.1) is 0 Å². The molecule has 1 aliphatic rings. The Morgan fingerprint density at radius 1 is 1.19 bits per heavy atom. The molecular weight excluding hydrogens is 332 g/mol. The van der Waals surface area contributed by atoms with Crippen LogP contribution in [-0.2, 0) is 4.74 Å². The molecule has 4 heterocycles. The summed E-state index contributed by atoms with van der Waals surface area (Å²) in [4.78, 5) is 21.8. The van der Waals surface area contributed by atoms with Crippen LogP contribution in [0.3, 0.4) is 0 Å². The maximum Gasteiger partial charge on any atom is 0.409 e. The third-order valence-corrected chi connectivity index (χ3v) is 4.62. The van der Waals surface area contributed by atoms with E-state index < -0.39 is 0 Å². The Labute approximate surface area is 150 Å². The predicted octanol–water partition coefficient (Wildman–Crippen LogP) is 2.43. The van der Waals surface area contributed by atoms with Crippen molar-refractivity contribution in [2.24, 2.45) is 0 Å². The summed E-state index contributed by atoms with van der Waals surface area (Å²) < 4.78 is 6.61. The molecule has 3 aromatic rings. The van der Waals surface area contributed by atoms with Gasteiger partial charge in [-0.2, -0.15) is 0 Å². The Hall–Kier alpha value is -3.16. The zero-order valence-electron chi connectivity index (χ0n) is 14.5. The number of anilines is 1. The Morgan fingerprint density at radius 3 is 2.69 bits per heavy atom. The molecule has 1 aliphatic heterocycles. The van der Waals surface area contributed by atoms with Crippen molar-refractivity contribution < 1.29 is 9.53 Å². The molecule has 0 radical (unpaired) electrons. The number of hydrogen-bond acceptors (Lipinski definition) is 6. The first-order valence-corrected chi connectivity index (χ1v) is 8.59. The minimum atomic E-state index is -0.261. The van der Waals surface area contributed by atoms with Gasteiger partial charge in [-0.05, 0) is 37.1 Å². The van der Waals surface area contributed by atoms with Gasteiger partial charge in [-0.15, -0.1) is 5.10 Å². The van der Waals surface area contributed by atoms with Crippen LogP contribution in [0.1, 0.15) is 12.8 Å². The molecule has 1 amide bonds. The first-order valence-electron chi connectivity index (χ1n) is 8.59. The highest BCUT2D eigenvalue weighted by atomic mass is 16.5. The number of hydrogen-bond donors (Lipinski definition) is 1. The summed E-state index contributed by atoms with van der Waals surface area (Å²) in [6, 6.07) is 8.03. The number of imidazole rings is 1. The number of nitrogens with zero attached hydrogens (tertiary/aromatic N) is 5. The van der Waals surface area contributed by atoms with E-state index in [1.807, 2.05) is 35.0 Å². The second-order valence-electron chi connectivity index (χ2n) is 6.24. The number of rotatable bonds is 3. The monoisotopic (exact) mass is 352 g/mol. The van der Waals surface area contributed by atoms with Gasteiger partial charge in [0.05, 0.1) is 19.0 Å². The number of methoxy groups -OCH3 is 1. The molecule has 1 N–H and O–H groups in total. The first kappa shape index (κ1) is 16.3. The average molecular weight is 352 g/mol. The Balaban J connectivity index is 1.51. The van der Waals surface area contributed by atoms with E-state index in [-0.39, 0.29) is 12.1 Å². The van der Waals surface area contributed by atoms with Gasteiger partial charge in [0.15, 0.2) is 5.65 Å². The first-order chi connectivity index (χ1) is 12.7. The summed E-state index contributed by atoms with van der Waals surface area (Å²) in [5.41, 5.74) is 2.73. The molecule has 134 valence electrons. The van der Waals surface area contributed by atoms with Crippen molar-refractivity contribution in [1.82, 2.24) is 24.5 Å². The molecule has 0 bridgehead atoms. The topological polar surface area (TPSA) is 84.6 Å². The standard InChI is InChI=1S/C18H20N6O2/c1-26-18(25)23-10-6-14(7-11-23)21-16-2-3-17-20-12-15(24(17)22-16)13-4-8-19-9-5-13/h2-5,8-9,12,14H,6-7,10-11H2,1H3,(H,21,22). The zero-order chi connectivity index (χ0) is 17.9. The summed E-state index contributed by atoms with van der Waals surface area (Å²) in [5.74, 6) is 0.794. The van der Waals surface area contributed by atoms with Gasteiger partial charge in [-0.3, -0.25) is 4.98 Å². The number of carbonyl (C=O) groups excluding carboxylic acids is 1. The molecule has 0 aromatic carbocycles. The average Bonchev–Trinajstić information content (AvgIpc) is 3.12. The van der Waals surface area contributed by atoms with E-state index in [9.17, 15) is 4.79 Å². The number of amides is 1. The molecular formula is C18H20N6O2. The largest absolute Gasteiger partial charge is 0.453 e. The summed E-state index contributed by atoms with van der Waals surface area (Å²) in [7, 11) is 1.41. The molecule has 0 aliphatic carbocycles. The van der Waals surface area contributed by atoms with Gasteiger partial charge in [0.2, 0.25) is 0 Å². The van der Waals surface area contributed by atoms with Gasteiger partial charge in [-0.1, -0.05) is 0 Å². The van der Waals surface area contributed by atoms with E-state index in [0.717, 1.165) is 35.6 Å². The number of fused-ring (bicyclic) bond motifs is 1. The molecule has 0 saturated carbocycles. The molecule has 26 heavy (non-hydrogen) atoms. The molecule has 0 spiro atoms. The van der Waals surface area contributed by atoms with Crippen molar-refractivity contribution in [2.45, 2.75) is 18.9 Å². The number of piperidine rings is 1. The minimum absolute atomic E-state index is 0.261. The van der Waals surface area contributed by atoms with Crippen molar-refractivity contribution in [2.75, 3.05) is 25.5 Å². The second kappa shape index (κ2) is 6.99. The fourth-order valence-electron chi connectivity index (χ4n) is 3.21. The third kappa shape index (κ3) is 3.17. The minimum Gasteiger partial charge on any atom is -0.453 e. The number of likely N-dealkylation sites (tertiary alicyclic amines) is 1. The highest BCUT2D eigenvalue weighted by Crippen LogP contribution is 2.21. The van der Waals surface area contributed by atoms with Gasteiger partial charge in [-0.25, -0.2) is 14.3 Å². The maximum atomic E-state index is 11.6. The van der Waals surface area contributed by atoms with E-state index in [0.29, 0.717) is 13.1 Å². The Bertz CT molecular complexity index is 902. The molecule has 1 saturated heterocycles. The molecule has 4 rings (SSSR count). The lowest BCUT2D eigenvalue weighted by atomic mass is 10.1. The van der Waals surface area contributed by atoms with E-state index in [4.69, 9.17) is 9.84 Å². The van der Waals surface area contributed by atoms with Crippen molar-refractivity contribution in [1.29, 1.82) is 0 Å². The predicted molar refractivity (Wildman–Crippen MR) is 96.8 cm³/mol. The van der Waals surface area contributed by atoms with Crippen LogP contribution >= 0.6 is 0 Å². The lowest BCUT2D eigenvalue weighted by molar-refractivity contribution is 0.113. The molecule has 8 nitrogen and oxygen atoms in total. The molecule has 3 aromatic heterocycles. The fraction of sp³-hybridized carbons (Fsp3) is 0.333. The SMILES string of the molecule is COC(=O)N1CCC(Nc2ccc3ncc(-c4ccncc4)n3n2)CC1. The number of ether oxygens (including phenoxy) is 1. The van der Waals surface area contributed by atoms with E-state index in [1.165, 1.54) is 7.11 Å². The van der Waals surface area contributed by atoms with Crippen molar-refractivity contribution >= 4 is 17.6 Å². The van der Waals surface area contributed by atoms with Crippen LogP contribution < -0.4 is 5.32 Å². The van der Waals surface area contributed by atoms with Crippen LogP contribution in [0.4, 0.5) is 10.6 Å². The van der Waals surface area contributed by atoms with Gasteiger partial charge in [0, 0.05) is 37.1 Å². The maximum absolute atomic E-state index is 11.6. The fourth-order valence-corrected chi connectivity index (χ4v) is 3.21. The molecule has 0 unspecified atom stereocenters. The van der Waals surface area contributed by atoms with Crippen molar-refractivity contribution in [3.05, 3.63) is 42.9 Å². The highest BCUT2D eigenvalue weighted by molar-refractivity contribution is 5.67. The number of carbonyl (C=O) groups is 1. The summed E-state index contributed by atoms with van der Waals surface area (Å²) in [6.07, 6.45) is 6.78. The summed E-state index contributed by atoms with van der Waals surface area (Å²) in [5, 5.41) is 8.16. The zero-order valence-corrected chi connectivity index (χ0v) is 14.5. The normalized spacial score (nSPS) is 15.2. The van der Waals surface area contributed by atoms with Gasteiger partial charge < -0.3 is 15.0 Å². The summed E-state index contributed by atoms with van der Waals surface area (Å²) in [6.45, 7) is 1.36. The van der Waals surface area contributed by atoms with Crippen LogP contribution in [0.5, 0.6) is 0 Å². The number of nitrogens with one attached hydrogen (secondary N) is 1. The Morgan fingerprint density at radius 2 is 1.96 bits per heavy atom. The quantitative estimate of drug-likeness (QED) is 0.779. The summed E-state index contributed by atoms with van der Waals surface area (Å²) >= 11 is 0. The van der Waals surface area contributed by atoms with Crippen molar-refractivity contribution in [3.63, 3.8) is 0 Å². The molecule has 8 heteroatoms. The van der Waals surface area contributed by atoms with Gasteiger partial charge >= 0.3 is 6.09 Å². The smallest absolute Gasteiger partial charge is 0.409 e. The van der Waals surface area contributed by atoms with Crippen molar-refractivity contribution in [3.8, 4) is 11.3 Å². The van der Waals surface area contributed by atoms with Crippen LogP contribution in [0.15, 0.2) is 42.9 Å². The second-order valence-corrected chi connectivity index (χ2v) is 6.24. The highest BCUT2D eigenvalue weighted by Gasteiger charge is 2.23. The van der Waals surface area contributed by atoms with E-state index in [1.54, 1.807) is 17.3 Å². The van der Waals surface area contributed by atoms with Crippen LogP contribution in [-0.4, -0.2) is 56.8 Å². The van der Waals surface area contributed by atoms with Gasteiger partial charge in [0.1, 0.15) is 5.82 Å². The van der Waals surface area contributed by atoms with E-state index >= 15 is 0 Å². The lowest BCUT2D eigenvalue weighted by Crippen LogP contribution is -2.42. The number of aromatic nitrogens is 4. The lowest BCUT2D eigenvalue weighted by Gasteiger charge is -2.31. The Kier molecular flexibility index (Phi) is 4.39. The third-order valence-electron chi connectivity index (χ3n) is 4.62. The van der Waals surface area contributed by atoms with Gasteiger partial charge in [0.25, 0.3) is 0 Å². The molecule has 1 fully saturated rings.